The normalized spacial score (nSPS) is 34.7. The Kier molecular flexibility index (Phi) is 4.37. The standard InChI is InChI=1S/C14H27NO2S/c1-4-18(16,17)9-10(2)15-11(3)14-8-12-5-6-13(14)7-12/h10-15H,4-9H2,1-3H3. The van der Waals surface area contributed by atoms with Crippen molar-refractivity contribution in [1.29, 1.82) is 0 Å². The molecule has 3 nitrogen and oxygen atoms in total. The van der Waals surface area contributed by atoms with Crippen LogP contribution in [0, 0.1) is 17.8 Å². The highest BCUT2D eigenvalue weighted by Crippen LogP contribution is 2.49. The van der Waals surface area contributed by atoms with E-state index in [2.05, 4.69) is 12.2 Å². The second kappa shape index (κ2) is 5.49. The van der Waals surface area contributed by atoms with Crippen molar-refractivity contribution in [1.82, 2.24) is 5.32 Å². The SMILES string of the molecule is CCS(=O)(=O)CC(C)NC(C)C1CC2CCC1C2. The second-order valence-electron chi connectivity index (χ2n) is 6.39. The van der Waals surface area contributed by atoms with Crippen molar-refractivity contribution in [2.45, 2.75) is 58.5 Å². The van der Waals surface area contributed by atoms with E-state index in [0.29, 0.717) is 6.04 Å². The molecule has 0 aromatic carbocycles. The molecule has 0 aromatic heterocycles. The third-order valence-electron chi connectivity index (χ3n) is 4.93. The predicted molar refractivity (Wildman–Crippen MR) is 75.3 cm³/mol. The Hall–Kier alpha value is -0.0900. The second-order valence-corrected chi connectivity index (χ2v) is 8.79. The van der Waals surface area contributed by atoms with Crippen LogP contribution in [0.3, 0.4) is 0 Å². The molecule has 0 spiro atoms. The molecule has 0 amide bonds. The highest BCUT2D eigenvalue weighted by molar-refractivity contribution is 7.91. The van der Waals surface area contributed by atoms with Gasteiger partial charge in [-0.25, -0.2) is 8.42 Å². The van der Waals surface area contributed by atoms with Gasteiger partial charge in [-0.05, 0) is 50.9 Å². The number of nitrogens with one attached hydrogen (secondary N) is 1. The van der Waals surface area contributed by atoms with Crippen LogP contribution in [0.4, 0.5) is 0 Å². The Bertz CT molecular complexity index is 379. The molecule has 2 fully saturated rings. The maximum atomic E-state index is 11.6. The van der Waals surface area contributed by atoms with E-state index >= 15 is 0 Å². The van der Waals surface area contributed by atoms with E-state index in [1.165, 1.54) is 25.7 Å². The summed E-state index contributed by atoms with van der Waals surface area (Å²) in [6.45, 7) is 5.96. The molecule has 0 heterocycles. The Labute approximate surface area is 112 Å². The maximum Gasteiger partial charge on any atom is 0.151 e. The minimum absolute atomic E-state index is 0.0732. The molecule has 0 aromatic rings. The number of fused-ring (bicyclic) bond motifs is 2. The van der Waals surface area contributed by atoms with E-state index in [4.69, 9.17) is 0 Å². The van der Waals surface area contributed by atoms with E-state index in [-0.39, 0.29) is 17.5 Å². The predicted octanol–water partition coefficient (Wildman–Crippen LogP) is 2.22. The van der Waals surface area contributed by atoms with Gasteiger partial charge in [0.25, 0.3) is 0 Å². The zero-order valence-corrected chi connectivity index (χ0v) is 12.7. The van der Waals surface area contributed by atoms with Crippen molar-refractivity contribution in [2.24, 2.45) is 17.8 Å². The molecule has 106 valence electrons. The molecule has 0 saturated heterocycles. The van der Waals surface area contributed by atoms with E-state index < -0.39 is 9.84 Å². The highest BCUT2D eigenvalue weighted by atomic mass is 32.2. The van der Waals surface area contributed by atoms with Crippen molar-refractivity contribution in [3.8, 4) is 0 Å². The average molecular weight is 273 g/mol. The summed E-state index contributed by atoms with van der Waals surface area (Å²) < 4.78 is 23.2. The molecule has 2 saturated carbocycles. The fourth-order valence-corrected chi connectivity index (χ4v) is 5.12. The number of rotatable bonds is 6. The summed E-state index contributed by atoms with van der Waals surface area (Å²) in [6, 6.07) is 0.534. The number of hydrogen-bond acceptors (Lipinski definition) is 3. The summed E-state index contributed by atoms with van der Waals surface area (Å²) in [6.07, 6.45) is 5.58. The summed E-state index contributed by atoms with van der Waals surface area (Å²) in [5.74, 6) is 3.15. The minimum Gasteiger partial charge on any atom is -0.310 e. The molecule has 18 heavy (non-hydrogen) atoms. The van der Waals surface area contributed by atoms with Crippen LogP contribution in [0.15, 0.2) is 0 Å². The van der Waals surface area contributed by atoms with Gasteiger partial charge in [0.05, 0.1) is 5.75 Å². The molecule has 2 aliphatic carbocycles. The van der Waals surface area contributed by atoms with Gasteiger partial charge in [-0.3, -0.25) is 0 Å². The van der Waals surface area contributed by atoms with E-state index in [9.17, 15) is 8.42 Å². The molecule has 2 aliphatic rings. The molecular weight excluding hydrogens is 246 g/mol. The number of hydrogen-bond donors (Lipinski definition) is 1. The zero-order chi connectivity index (χ0) is 13.3. The third kappa shape index (κ3) is 3.27. The van der Waals surface area contributed by atoms with E-state index in [1.54, 1.807) is 6.92 Å². The van der Waals surface area contributed by atoms with Gasteiger partial charge in [0, 0.05) is 17.8 Å². The van der Waals surface area contributed by atoms with Crippen LogP contribution in [-0.4, -0.2) is 32.0 Å². The lowest BCUT2D eigenvalue weighted by molar-refractivity contribution is 0.251. The van der Waals surface area contributed by atoms with Gasteiger partial charge in [0.2, 0.25) is 0 Å². The van der Waals surface area contributed by atoms with Gasteiger partial charge in [-0.15, -0.1) is 0 Å². The van der Waals surface area contributed by atoms with Crippen molar-refractivity contribution in [2.75, 3.05) is 11.5 Å². The van der Waals surface area contributed by atoms with Crippen LogP contribution in [0.2, 0.25) is 0 Å². The van der Waals surface area contributed by atoms with Crippen molar-refractivity contribution >= 4 is 9.84 Å². The molecule has 1 N–H and O–H groups in total. The van der Waals surface area contributed by atoms with Crippen LogP contribution in [-0.2, 0) is 9.84 Å². The molecule has 0 radical (unpaired) electrons. The highest BCUT2D eigenvalue weighted by Gasteiger charge is 2.41. The lowest BCUT2D eigenvalue weighted by Gasteiger charge is -2.30. The summed E-state index contributed by atoms with van der Waals surface area (Å²) >= 11 is 0. The Balaban J connectivity index is 1.82. The molecule has 0 aliphatic heterocycles. The third-order valence-corrected chi connectivity index (χ3v) is 6.81. The van der Waals surface area contributed by atoms with Gasteiger partial charge in [0.1, 0.15) is 0 Å². The number of sulfone groups is 1. The first kappa shape index (κ1) is 14.3. The van der Waals surface area contributed by atoms with Crippen LogP contribution in [0.25, 0.3) is 0 Å². The summed E-state index contributed by atoms with van der Waals surface area (Å²) in [4.78, 5) is 0. The molecule has 2 bridgehead atoms. The fraction of sp³-hybridized carbons (Fsp3) is 1.00. The fourth-order valence-electron chi connectivity index (χ4n) is 4.03. The monoisotopic (exact) mass is 273 g/mol. The van der Waals surface area contributed by atoms with Gasteiger partial charge in [-0.2, -0.15) is 0 Å². The molecule has 5 unspecified atom stereocenters. The quantitative estimate of drug-likeness (QED) is 0.807. The smallest absolute Gasteiger partial charge is 0.151 e. The maximum absolute atomic E-state index is 11.6. The van der Waals surface area contributed by atoms with Gasteiger partial charge < -0.3 is 5.32 Å². The van der Waals surface area contributed by atoms with Crippen LogP contribution in [0.1, 0.15) is 46.5 Å². The minimum atomic E-state index is -2.86. The lowest BCUT2D eigenvalue weighted by atomic mass is 9.84. The van der Waals surface area contributed by atoms with Crippen LogP contribution < -0.4 is 5.32 Å². The zero-order valence-electron chi connectivity index (χ0n) is 11.9. The van der Waals surface area contributed by atoms with Crippen molar-refractivity contribution in [3.63, 3.8) is 0 Å². The summed E-state index contributed by atoms with van der Waals surface area (Å²) in [7, 11) is -2.86. The van der Waals surface area contributed by atoms with Crippen molar-refractivity contribution < 1.29 is 8.42 Å². The molecule has 2 rings (SSSR count). The van der Waals surface area contributed by atoms with Crippen molar-refractivity contribution in [3.05, 3.63) is 0 Å². The van der Waals surface area contributed by atoms with Crippen LogP contribution in [0.5, 0.6) is 0 Å². The molecule has 4 heteroatoms. The Morgan fingerprint density at radius 2 is 1.94 bits per heavy atom. The average Bonchev–Trinajstić information content (AvgIpc) is 2.89. The Morgan fingerprint density at radius 3 is 2.44 bits per heavy atom. The van der Waals surface area contributed by atoms with E-state index in [0.717, 1.165) is 17.8 Å². The van der Waals surface area contributed by atoms with Crippen LogP contribution >= 0.6 is 0 Å². The first-order valence-corrected chi connectivity index (χ1v) is 9.20. The summed E-state index contributed by atoms with van der Waals surface area (Å²) in [5.41, 5.74) is 0. The topological polar surface area (TPSA) is 46.2 Å². The largest absolute Gasteiger partial charge is 0.310 e. The lowest BCUT2D eigenvalue weighted by Crippen LogP contribution is -2.44. The van der Waals surface area contributed by atoms with Gasteiger partial charge >= 0.3 is 0 Å². The molecular formula is C14H27NO2S. The first-order valence-electron chi connectivity index (χ1n) is 7.37. The van der Waals surface area contributed by atoms with Gasteiger partial charge in [0.15, 0.2) is 9.84 Å². The van der Waals surface area contributed by atoms with Gasteiger partial charge in [-0.1, -0.05) is 13.3 Å². The summed E-state index contributed by atoms with van der Waals surface area (Å²) in [5, 5.41) is 3.52. The first-order chi connectivity index (χ1) is 8.41. The van der Waals surface area contributed by atoms with E-state index in [1.807, 2.05) is 6.92 Å². The Morgan fingerprint density at radius 1 is 1.22 bits per heavy atom. The molecule has 5 atom stereocenters.